The smallest absolute Gasteiger partial charge is 0.270 e. The van der Waals surface area contributed by atoms with Crippen LogP contribution in [0, 0.1) is 0 Å². The molecule has 0 aliphatic carbocycles. The molecule has 0 aliphatic rings. The van der Waals surface area contributed by atoms with Crippen molar-refractivity contribution in [2.45, 2.75) is 13.5 Å². The van der Waals surface area contributed by atoms with Crippen LogP contribution >= 0.6 is 0 Å². The van der Waals surface area contributed by atoms with Crippen molar-refractivity contribution in [3.8, 4) is 0 Å². The van der Waals surface area contributed by atoms with E-state index < -0.39 is 0 Å². The molecule has 0 spiro atoms. The number of rotatable bonds is 3. The maximum Gasteiger partial charge on any atom is 0.270 e. The van der Waals surface area contributed by atoms with Gasteiger partial charge in [0.15, 0.2) is 0 Å². The first kappa shape index (κ1) is 9.60. The van der Waals surface area contributed by atoms with Crippen LogP contribution in [0.5, 0.6) is 0 Å². The Morgan fingerprint density at radius 3 is 3.08 bits per heavy atom. The number of nitrogens with two attached hydrogens (primary N) is 1. The Hall–Kier alpha value is -1.49. The largest absolute Gasteiger partial charge is 0.351 e. The minimum Gasteiger partial charge on any atom is -0.351 e. The van der Waals surface area contributed by atoms with Gasteiger partial charge in [-0.15, -0.1) is 0 Å². The fraction of sp³-hybridized carbons (Fsp3) is 0.375. The Balaban J connectivity index is 2.82. The highest BCUT2D eigenvalue weighted by molar-refractivity contribution is 5.92. The third-order valence-corrected chi connectivity index (χ3v) is 1.46. The zero-order valence-corrected chi connectivity index (χ0v) is 7.45. The first-order chi connectivity index (χ1) is 6.27. The number of hydrogen-bond acceptors (Lipinski definition) is 4. The highest BCUT2D eigenvalue weighted by Crippen LogP contribution is 1.94. The molecule has 70 valence electrons. The van der Waals surface area contributed by atoms with Gasteiger partial charge in [-0.2, -0.15) is 0 Å². The van der Waals surface area contributed by atoms with Crippen LogP contribution in [0.4, 0.5) is 0 Å². The number of carbonyl (C=O) groups excluding carboxylic acids is 1. The van der Waals surface area contributed by atoms with Gasteiger partial charge in [0.2, 0.25) is 0 Å². The fourth-order valence-corrected chi connectivity index (χ4v) is 0.875. The van der Waals surface area contributed by atoms with Gasteiger partial charge in [0.1, 0.15) is 11.5 Å². The number of hydrogen-bond donors (Lipinski definition) is 2. The van der Waals surface area contributed by atoms with Gasteiger partial charge in [0.25, 0.3) is 5.91 Å². The van der Waals surface area contributed by atoms with Gasteiger partial charge in [0, 0.05) is 12.7 Å². The Labute approximate surface area is 76.4 Å². The van der Waals surface area contributed by atoms with E-state index in [2.05, 4.69) is 15.3 Å². The van der Waals surface area contributed by atoms with E-state index in [-0.39, 0.29) is 12.5 Å². The first-order valence-corrected chi connectivity index (χ1v) is 4.08. The van der Waals surface area contributed by atoms with E-state index in [1.165, 1.54) is 6.20 Å². The van der Waals surface area contributed by atoms with E-state index in [4.69, 9.17) is 5.73 Å². The molecular weight excluding hydrogens is 168 g/mol. The van der Waals surface area contributed by atoms with Crippen LogP contribution in [0.1, 0.15) is 23.2 Å². The Bertz CT molecular complexity index is 300. The van der Waals surface area contributed by atoms with Crippen LogP contribution in [0.2, 0.25) is 0 Å². The SMILES string of the molecule is CCNC(=O)c1ccnc(CN)n1. The van der Waals surface area contributed by atoms with E-state index in [1.807, 2.05) is 6.92 Å². The summed E-state index contributed by atoms with van der Waals surface area (Å²) in [6.45, 7) is 2.68. The molecule has 0 radical (unpaired) electrons. The van der Waals surface area contributed by atoms with Crippen molar-refractivity contribution in [3.63, 3.8) is 0 Å². The van der Waals surface area contributed by atoms with Crippen molar-refractivity contribution >= 4 is 5.91 Å². The summed E-state index contributed by atoms with van der Waals surface area (Å²) in [5.74, 6) is 0.281. The molecule has 0 aromatic carbocycles. The minimum atomic E-state index is -0.195. The molecule has 3 N–H and O–H groups in total. The van der Waals surface area contributed by atoms with Crippen LogP contribution in [0.3, 0.4) is 0 Å². The van der Waals surface area contributed by atoms with Crippen molar-refractivity contribution in [2.75, 3.05) is 6.54 Å². The normalized spacial score (nSPS) is 9.69. The maximum atomic E-state index is 11.3. The van der Waals surface area contributed by atoms with Crippen molar-refractivity contribution in [3.05, 3.63) is 23.8 Å². The Morgan fingerprint density at radius 2 is 2.46 bits per heavy atom. The molecule has 0 saturated heterocycles. The van der Waals surface area contributed by atoms with Crippen molar-refractivity contribution in [1.82, 2.24) is 15.3 Å². The second-order valence-electron chi connectivity index (χ2n) is 2.42. The number of aromatic nitrogens is 2. The van der Waals surface area contributed by atoms with E-state index in [0.717, 1.165) is 0 Å². The summed E-state index contributed by atoms with van der Waals surface area (Å²) in [6, 6.07) is 1.56. The second-order valence-corrected chi connectivity index (χ2v) is 2.42. The van der Waals surface area contributed by atoms with E-state index >= 15 is 0 Å². The highest BCUT2D eigenvalue weighted by atomic mass is 16.1. The number of nitrogens with one attached hydrogen (secondary N) is 1. The lowest BCUT2D eigenvalue weighted by molar-refractivity contribution is 0.0950. The Morgan fingerprint density at radius 1 is 1.69 bits per heavy atom. The number of amides is 1. The zero-order chi connectivity index (χ0) is 9.68. The average molecular weight is 180 g/mol. The molecule has 1 amide bonds. The second kappa shape index (κ2) is 4.51. The average Bonchev–Trinajstić information content (AvgIpc) is 2.18. The van der Waals surface area contributed by atoms with Crippen LogP contribution < -0.4 is 11.1 Å². The minimum absolute atomic E-state index is 0.195. The summed E-state index contributed by atoms with van der Waals surface area (Å²) in [7, 11) is 0. The van der Waals surface area contributed by atoms with Gasteiger partial charge in [0.05, 0.1) is 6.54 Å². The topological polar surface area (TPSA) is 80.9 Å². The van der Waals surface area contributed by atoms with Crippen LogP contribution in [-0.2, 0) is 6.54 Å². The molecule has 0 atom stereocenters. The molecule has 0 saturated carbocycles. The molecule has 0 fully saturated rings. The number of nitrogens with zero attached hydrogens (tertiary/aromatic N) is 2. The summed E-state index contributed by atoms with van der Waals surface area (Å²) in [4.78, 5) is 19.1. The maximum absolute atomic E-state index is 11.3. The first-order valence-electron chi connectivity index (χ1n) is 4.08. The van der Waals surface area contributed by atoms with Crippen LogP contribution in [0.15, 0.2) is 12.3 Å². The van der Waals surface area contributed by atoms with Gasteiger partial charge in [-0.25, -0.2) is 9.97 Å². The molecule has 0 unspecified atom stereocenters. The zero-order valence-electron chi connectivity index (χ0n) is 7.45. The molecule has 0 bridgehead atoms. The lowest BCUT2D eigenvalue weighted by Crippen LogP contribution is -2.24. The Kier molecular flexibility index (Phi) is 3.33. The van der Waals surface area contributed by atoms with E-state index in [0.29, 0.717) is 18.1 Å². The summed E-state index contributed by atoms with van der Waals surface area (Å²) >= 11 is 0. The molecule has 13 heavy (non-hydrogen) atoms. The van der Waals surface area contributed by atoms with E-state index in [1.54, 1.807) is 6.07 Å². The van der Waals surface area contributed by atoms with Crippen molar-refractivity contribution in [1.29, 1.82) is 0 Å². The number of carbonyl (C=O) groups is 1. The third-order valence-electron chi connectivity index (χ3n) is 1.46. The quantitative estimate of drug-likeness (QED) is 0.668. The van der Waals surface area contributed by atoms with Crippen LogP contribution in [0.25, 0.3) is 0 Å². The van der Waals surface area contributed by atoms with Gasteiger partial charge in [-0.3, -0.25) is 4.79 Å². The summed E-state index contributed by atoms with van der Waals surface area (Å²) in [5, 5.41) is 2.64. The highest BCUT2D eigenvalue weighted by Gasteiger charge is 2.05. The monoisotopic (exact) mass is 180 g/mol. The van der Waals surface area contributed by atoms with Crippen molar-refractivity contribution < 1.29 is 4.79 Å². The molecular formula is C8H12N4O. The molecule has 1 heterocycles. The van der Waals surface area contributed by atoms with Gasteiger partial charge in [-0.05, 0) is 13.0 Å². The summed E-state index contributed by atoms with van der Waals surface area (Å²) in [5.41, 5.74) is 5.69. The van der Waals surface area contributed by atoms with Crippen LogP contribution in [-0.4, -0.2) is 22.4 Å². The molecule has 5 heteroatoms. The van der Waals surface area contributed by atoms with Crippen molar-refractivity contribution in [2.24, 2.45) is 5.73 Å². The summed E-state index contributed by atoms with van der Waals surface area (Å²) < 4.78 is 0. The van der Waals surface area contributed by atoms with Gasteiger partial charge < -0.3 is 11.1 Å². The predicted molar refractivity (Wildman–Crippen MR) is 47.9 cm³/mol. The third kappa shape index (κ3) is 2.48. The molecule has 1 rings (SSSR count). The molecule has 1 aromatic heterocycles. The molecule has 5 nitrogen and oxygen atoms in total. The molecule has 0 aliphatic heterocycles. The fourth-order valence-electron chi connectivity index (χ4n) is 0.875. The lowest BCUT2D eigenvalue weighted by Gasteiger charge is -2.01. The van der Waals surface area contributed by atoms with Gasteiger partial charge in [-0.1, -0.05) is 0 Å². The molecule has 1 aromatic rings. The lowest BCUT2D eigenvalue weighted by atomic mass is 10.3. The standard InChI is InChI=1S/C8H12N4O/c1-2-10-8(13)6-3-4-11-7(5-9)12-6/h3-4H,2,5,9H2,1H3,(H,10,13). The summed E-state index contributed by atoms with van der Waals surface area (Å²) in [6.07, 6.45) is 1.53. The van der Waals surface area contributed by atoms with E-state index in [9.17, 15) is 4.79 Å². The predicted octanol–water partition coefficient (Wildman–Crippen LogP) is -0.315. The van der Waals surface area contributed by atoms with Gasteiger partial charge >= 0.3 is 0 Å².